The van der Waals surface area contributed by atoms with Crippen LogP contribution in [-0.4, -0.2) is 40.9 Å². The third kappa shape index (κ3) is 10.5. The number of rotatable bonds is 5. The molecule has 7 nitrogen and oxygen atoms in total. The maximum Gasteiger partial charge on any atom is 0.340 e. The number of carboxylic acids is 1. The molecule has 22 heavy (non-hydrogen) atoms. The number of aryl methyl sites for hydroxylation is 1. The summed E-state index contributed by atoms with van der Waals surface area (Å²) >= 11 is 0. The van der Waals surface area contributed by atoms with Crippen molar-refractivity contribution >= 4 is 18.3 Å². The summed E-state index contributed by atoms with van der Waals surface area (Å²) < 4.78 is 4.80. The normalized spacial score (nSPS) is 9.45. The van der Waals surface area contributed by atoms with Crippen LogP contribution >= 0.6 is 0 Å². The topological polar surface area (TPSA) is 113 Å². The molecule has 1 aromatic carbocycles. The summed E-state index contributed by atoms with van der Waals surface area (Å²) in [4.78, 5) is 30.2. The minimum atomic E-state index is -1.43. The number of hydrogen-bond acceptors (Lipinski definition) is 5. The summed E-state index contributed by atoms with van der Waals surface area (Å²) in [6, 6.07) is 7.03. The van der Waals surface area contributed by atoms with Crippen LogP contribution in [0.15, 0.2) is 24.3 Å². The molecule has 0 unspecified atom stereocenters. The number of benzene rings is 1. The molecule has 0 saturated carbocycles. The summed E-state index contributed by atoms with van der Waals surface area (Å²) in [5.41, 5.74) is 1.43. The molecule has 0 radical (unpaired) electrons. The molecule has 0 fully saturated rings. The van der Waals surface area contributed by atoms with Crippen LogP contribution in [-0.2, 0) is 14.3 Å². The van der Waals surface area contributed by atoms with Crippen LogP contribution in [0.2, 0.25) is 0 Å². The number of carboxylic acid groups (broad SMARTS) is 1. The van der Waals surface area contributed by atoms with Gasteiger partial charge in [-0.3, -0.25) is 4.79 Å². The van der Waals surface area contributed by atoms with Crippen LogP contribution in [0.4, 0.5) is 0 Å². The van der Waals surface area contributed by atoms with E-state index in [0.29, 0.717) is 5.56 Å². The zero-order valence-electron chi connectivity index (χ0n) is 12.3. The van der Waals surface area contributed by atoms with Crippen LogP contribution in [0.3, 0.4) is 0 Å². The first-order valence-corrected chi connectivity index (χ1v) is 6.00. The van der Waals surface area contributed by atoms with Gasteiger partial charge in [-0.05, 0) is 19.1 Å². The van der Waals surface area contributed by atoms with Crippen LogP contribution in [0.25, 0.3) is 0 Å². The number of carbonyl (C=O) groups excluding carboxylic acids is 2. The minimum Gasteiger partial charge on any atom is -0.521 e. The molecule has 1 rings (SSSR count). The number of aliphatic carboxylic acids is 1. The molecule has 3 N–H and O–H groups in total. The zero-order chi connectivity index (χ0) is 16.5. The van der Waals surface area contributed by atoms with Crippen molar-refractivity contribution < 1.29 is 29.3 Å². The second-order valence-electron chi connectivity index (χ2n) is 4.56. The van der Waals surface area contributed by atoms with E-state index in [0.717, 1.165) is 5.56 Å². The standard InChI is InChI=1S/C11H14O3.C3H4NO3.Fm/c1-8-5-4-6-9(7-8)10(12)14-11(2,3)13;5-2-4-1-3(6)7;/h4-7,13H,1-3H3;1H2,(H,4,5)(H,6,7);/q;-1;. The largest absolute Gasteiger partial charge is 0.521 e. The SMILES string of the molecule is Cc1cccc(C(=O)OC(C)(C)O)c1.O=[C-]NCC(=O)O.[Fm]. The maximum atomic E-state index is 11.4. The smallest absolute Gasteiger partial charge is 0.340 e. The molecule has 8 heteroatoms. The van der Waals surface area contributed by atoms with Gasteiger partial charge in [0.25, 0.3) is 0 Å². The fraction of sp³-hybridized carbons (Fsp3) is 0.357. The summed E-state index contributed by atoms with van der Waals surface area (Å²) in [7, 11) is 0. The number of carbonyl (C=O) groups is 2. The van der Waals surface area contributed by atoms with Gasteiger partial charge in [0.1, 0.15) is 0 Å². The number of esters is 1. The third-order valence-electron chi connectivity index (χ3n) is 1.91. The van der Waals surface area contributed by atoms with Crippen LogP contribution in [0, 0.1) is 6.92 Å². The Morgan fingerprint density at radius 3 is 2.32 bits per heavy atom. The molecule has 1 aromatic rings. The Kier molecular flexibility index (Phi) is 9.01. The summed E-state index contributed by atoms with van der Waals surface area (Å²) in [5, 5.41) is 18.9. The second-order valence-corrected chi connectivity index (χ2v) is 4.56. The van der Waals surface area contributed by atoms with Crippen molar-refractivity contribution in [3.8, 4) is 0 Å². The summed E-state index contributed by atoms with van der Waals surface area (Å²) in [6.45, 7) is 4.37. The summed E-state index contributed by atoms with van der Waals surface area (Å²) in [6.07, 6.45) is 1.22. The van der Waals surface area contributed by atoms with Gasteiger partial charge in [0.2, 0.25) is 5.79 Å². The van der Waals surface area contributed by atoms with Gasteiger partial charge in [-0.15, -0.1) is 0 Å². The number of nitrogens with one attached hydrogen (secondary N) is 1. The van der Waals surface area contributed by atoms with Gasteiger partial charge in [0.15, 0.2) is 0 Å². The monoisotopic (exact) mass is 553 g/mol. The average Bonchev–Trinajstić information content (AvgIpc) is 2.35. The van der Waals surface area contributed by atoms with Gasteiger partial charge in [0.05, 0.1) is 12.1 Å². The molecule has 128 valence electrons. The number of hydrogen-bond donors (Lipinski definition) is 3. The van der Waals surface area contributed by atoms with Gasteiger partial charge in [-0.2, -0.15) is 6.41 Å². The number of amides is 1. The number of aliphatic hydroxyl groups is 1. The quantitative estimate of drug-likeness (QED) is 0.213. The molecule has 0 spiro atoms. The first-order chi connectivity index (χ1) is 9.65. The Balaban J connectivity index is 0. The van der Waals surface area contributed by atoms with Crippen LogP contribution in [0.1, 0.15) is 29.8 Å². The first-order valence-electron chi connectivity index (χ1n) is 6.00. The Labute approximate surface area is 122 Å². The molecular formula is C14H18FmNO6-. The van der Waals surface area contributed by atoms with Gasteiger partial charge in [-0.25, -0.2) is 4.79 Å². The average molecular weight is 553 g/mol. The Bertz CT molecular complexity index is 498. The van der Waals surface area contributed by atoms with E-state index in [1.54, 1.807) is 18.2 Å². The molecule has 0 aliphatic rings. The molecule has 0 atom stereocenters. The first kappa shape index (κ1) is 20.9. The molecular weight excluding hydrogens is 535 g/mol. The fourth-order valence-electron chi connectivity index (χ4n) is 1.17. The van der Waals surface area contributed by atoms with Gasteiger partial charge in [-0.1, -0.05) is 17.7 Å². The maximum absolute atomic E-state index is 11.4. The van der Waals surface area contributed by atoms with E-state index in [9.17, 15) is 19.5 Å². The molecule has 0 bridgehead atoms. The van der Waals surface area contributed by atoms with Crippen LogP contribution in [0.5, 0.6) is 0 Å². The van der Waals surface area contributed by atoms with E-state index in [-0.39, 0.29) is 6.54 Å². The van der Waals surface area contributed by atoms with E-state index in [2.05, 4.69) is 0 Å². The van der Waals surface area contributed by atoms with Crippen molar-refractivity contribution in [2.24, 2.45) is 0 Å². The Morgan fingerprint density at radius 2 is 1.95 bits per heavy atom. The predicted molar refractivity (Wildman–Crippen MR) is 74.2 cm³/mol. The van der Waals surface area contributed by atoms with Gasteiger partial charge < -0.3 is 25.1 Å². The predicted octanol–water partition coefficient (Wildman–Crippen LogP) is 0.608. The van der Waals surface area contributed by atoms with Gasteiger partial charge >= 0.3 is 11.9 Å². The van der Waals surface area contributed by atoms with Crippen molar-refractivity contribution in [2.75, 3.05) is 6.54 Å². The van der Waals surface area contributed by atoms with Crippen molar-refractivity contribution in [3.05, 3.63) is 35.4 Å². The Hall–Kier alpha value is -3.41. The van der Waals surface area contributed by atoms with E-state index < -0.39 is 17.7 Å². The second kappa shape index (κ2) is 9.49. The molecule has 0 aliphatic carbocycles. The summed E-state index contributed by atoms with van der Waals surface area (Å²) in [5.74, 6) is -3.01. The fourth-order valence-corrected chi connectivity index (χ4v) is 1.17. The molecule has 0 aliphatic heterocycles. The van der Waals surface area contributed by atoms with Crippen molar-refractivity contribution in [1.82, 2.24) is 5.32 Å². The van der Waals surface area contributed by atoms with E-state index in [1.807, 2.05) is 18.3 Å². The third-order valence-corrected chi connectivity index (χ3v) is 1.91. The zero-order valence-corrected chi connectivity index (χ0v) is 14.7. The van der Waals surface area contributed by atoms with E-state index in [1.165, 1.54) is 20.3 Å². The van der Waals surface area contributed by atoms with Crippen LogP contribution < -0.4 is 5.32 Å². The molecule has 0 saturated heterocycles. The Morgan fingerprint density at radius 1 is 1.36 bits per heavy atom. The van der Waals surface area contributed by atoms with E-state index in [4.69, 9.17) is 9.84 Å². The van der Waals surface area contributed by atoms with Gasteiger partial charge in [0, 0.05) is 13.8 Å². The van der Waals surface area contributed by atoms with Crippen molar-refractivity contribution in [2.45, 2.75) is 26.6 Å². The van der Waals surface area contributed by atoms with Crippen molar-refractivity contribution in [3.63, 3.8) is 0 Å². The van der Waals surface area contributed by atoms with E-state index >= 15 is 0 Å². The number of ether oxygens (including phenoxy) is 1. The molecule has 1 amide bonds. The van der Waals surface area contributed by atoms with Crippen molar-refractivity contribution in [1.29, 1.82) is 0 Å². The molecule has 0 heterocycles. The molecule has 0 aromatic heterocycles. The minimum absolute atomic E-state index is 0.